The number of nitrogens with zero attached hydrogens (tertiary/aromatic N) is 10. The number of rotatable bonds is 5. The van der Waals surface area contributed by atoms with E-state index in [2.05, 4.69) is 35.5 Å². The molecule has 4 aromatic heterocycles. The fourth-order valence-electron chi connectivity index (χ4n) is 2.78. The number of hydrogen-bond donors (Lipinski definition) is 1. The molecular formula is C17H10F3N11. The van der Waals surface area contributed by atoms with Crippen LogP contribution in [0.5, 0.6) is 0 Å². The van der Waals surface area contributed by atoms with Crippen LogP contribution in [0.1, 0.15) is 5.56 Å². The van der Waals surface area contributed by atoms with E-state index in [0.29, 0.717) is 22.4 Å². The molecule has 0 saturated carbocycles. The number of nitrogens with one attached hydrogen (secondary N) is 1. The van der Waals surface area contributed by atoms with E-state index in [0.717, 1.165) is 4.68 Å². The third kappa shape index (κ3) is 4.21. The minimum Gasteiger partial charge on any atom is -0.352 e. The Morgan fingerprint density at radius 3 is 2.74 bits per heavy atom. The van der Waals surface area contributed by atoms with E-state index < -0.39 is 12.7 Å². The minimum atomic E-state index is -4.41. The van der Waals surface area contributed by atoms with Crippen molar-refractivity contribution in [2.24, 2.45) is 5.11 Å². The highest BCUT2D eigenvalue weighted by molar-refractivity contribution is 5.78. The summed E-state index contributed by atoms with van der Waals surface area (Å²) in [5, 5.41) is 23.9. The number of pyridine rings is 2. The molecule has 4 heterocycles. The lowest BCUT2D eigenvalue weighted by molar-refractivity contribution is -0.142. The van der Waals surface area contributed by atoms with Crippen LogP contribution in [0.25, 0.3) is 27.3 Å². The number of azide groups is 1. The van der Waals surface area contributed by atoms with Gasteiger partial charge in [-0.25, -0.2) is 9.97 Å². The first kappa shape index (κ1) is 19.7. The topological polar surface area (TPSA) is 146 Å². The first-order valence-electron chi connectivity index (χ1n) is 8.52. The molecule has 4 aromatic rings. The van der Waals surface area contributed by atoms with Crippen molar-refractivity contribution in [3.8, 4) is 11.9 Å². The molecule has 0 aromatic carbocycles. The van der Waals surface area contributed by atoms with E-state index in [-0.39, 0.29) is 17.1 Å². The number of fused-ring (bicyclic) bond motifs is 1. The van der Waals surface area contributed by atoms with Crippen LogP contribution in [0.15, 0.2) is 48.2 Å². The number of alkyl halides is 3. The lowest BCUT2D eigenvalue weighted by Gasteiger charge is -2.10. The standard InChI is InChI=1S/C17H10F3N11/c18-17(19,20)9-30-8-12(6-25-30)27-13-2-15(23-7-14(13)28-29-22)31-16-11(5-26-31)1-10(3-21)4-24-16/h1-2,4-8H,9H2,(H,23,27). The Morgan fingerprint density at radius 2 is 2.00 bits per heavy atom. The predicted molar refractivity (Wildman–Crippen MR) is 102 cm³/mol. The second-order valence-electron chi connectivity index (χ2n) is 6.22. The first-order chi connectivity index (χ1) is 14.9. The van der Waals surface area contributed by atoms with Crippen molar-refractivity contribution in [3.63, 3.8) is 0 Å². The molecule has 0 spiro atoms. The fraction of sp³-hybridized carbons (Fsp3) is 0.118. The average Bonchev–Trinajstić information content (AvgIpc) is 3.34. The van der Waals surface area contributed by atoms with E-state index >= 15 is 0 Å². The van der Waals surface area contributed by atoms with Gasteiger partial charge in [0.1, 0.15) is 12.6 Å². The predicted octanol–water partition coefficient (Wildman–Crippen LogP) is 4.13. The normalized spacial score (nSPS) is 11.2. The fourth-order valence-corrected chi connectivity index (χ4v) is 2.78. The Hall–Kier alpha value is -4.63. The minimum absolute atomic E-state index is 0.117. The summed E-state index contributed by atoms with van der Waals surface area (Å²) in [6.45, 7) is -1.24. The van der Waals surface area contributed by atoms with E-state index in [1.165, 1.54) is 41.7 Å². The van der Waals surface area contributed by atoms with Crippen LogP contribution in [0.4, 0.5) is 30.2 Å². The summed E-state index contributed by atoms with van der Waals surface area (Å²) < 4.78 is 39.8. The van der Waals surface area contributed by atoms with Crippen LogP contribution in [0.3, 0.4) is 0 Å². The third-order valence-electron chi connectivity index (χ3n) is 4.03. The molecule has 0 saturated heterocycles. The Morgan fingerprint density at radius 1 is 1.16 bits per heavy atom. The van der Waals surface area contributed by atoms with Crippen molar-refractivity contribution < 1.29 is 13.2 Å². The smallest absolute Gasteiger partial charge is 0.352 e. The quantitative estimate of drug-likeness (QED) is 0.289. The monoisotopic (exact) mass is 425 g/mol. The molecule has 1 N–H and O–H groups in total. The molecule has 0 radical (unpaired) electrons. The van der Waals surface area contributed by atoms with Gasteiger partial charge in [-0.2, -0.15) is 33.3 Å². The lowest BCUT2D eigenvalue weighted by atomic mass is 10.2. The second kappa shape index (κ2) is 7.65. The van der Waals surface area contributed by atoms with Crippen LogP contribution < -0.4 is 5.32 Å². The summed E-state index contributed by atoms with van der Waals surface area (Å²) in [5.74, 6) is 0.300. The highest BCUT2D eigenvalue weighted by Gasteiger charge is 2.28. The maximum atomic E-state index is 12.5. The highest BCUT2D eigenvalue weighted by Crippen LogP contribution is 2.30. The Bertz CT molecular complexity index is 1360. The number of halogens is 3. The zero-order chi connectivity index (χ0) is 22.0. The van der Waals surface area contributed by atoms with Crippen LogP contribution in [0.2, 0.25) is 0 Å². The molecule has 14 heteroatoms. The van der Waals surface area contributed by atoms with Crippen LogP contribution in [-0.2, 0) is 6.54 Å². The average molecular weight is 425 g/mol. The number of anilines is 2. The first-order valence-corrected chi connectivity index (χ1v) is 8.52. The maximum absolute atomic E-state index is 12.5. The van der Waals surface area contributed by atoms with Gasteiger partial charge in [0.2, 0.25) is 0 Å². The number of aromatic nitrogens is 6. The molecule has 0 unspecified atom stereocenters. The summed E-state index contributed by atoms with van der Waals surface area (Å²) >= 11 is 0. The van der Waals surface area contributed by atoms with Gasteiger partial charge >= 0.3 is 6.18 Å². The van der Waals surface area contributed by atoms with E-state index in [9.17, 15) is 13.2 Å². The van der Waals surface area contributed by atoms with E-state index in [4.69, 9.17) is 10.8 Å². The molecular weight excluding hydrogens is 415 g/mol. The van der Waals surface area contributed by atoms with Crippen molar-refractivity contribution in [2.75, 3.05) is 5.32 Å². The van der Waals surface area contributed by atoms with Crippen molar-refractivity contribution in [3.05, 3.63) is 59.1 Å². The van der Waals surface area contributed by atoms with Gasteiger partial charge < -0.3 is 5.32 Å². The molecule has 154 valence electrons. The molecule has 31 heavy (non-hydrogen) atoms. The zero-order valence-corrected chi connectivity index (χ0v) is 15.4. The summed E-state index contributed by atoms with van der Waals surface area (Å²) in [6.07, 6.45) is 2.16. The van der Waals surface area contributed by atoms with Crippen molar-refractivity contribution in [1.29, 1.82) is 5.26 Å². The number of nitriles is 1. The van der Waals surface area contributed by atoms with Crippen LogP contribution in [0, 0.1) is 11.3 Å². The maximum Gasteiger partial charge on any atom is 0.408 e. The molecule has 0 bridgehead atoms. The summed E-state index contributed by atoms with van der Waals surface area (Å²) in [7, 11) is 0. The molecule has 0 aliphatic heterocycles. The van der Waals surface area contributed by atoms with Crippen LogP contribution >= 0.6 is 0 Å². The van der Waals surface area contributed by atoms with Gasteiger partial charge in [0.25, 0.3) is 0 Å². The summed E-state index contributed by atoms with van der Waals surface area (Å²) in [6, 6.07) is 5.11. The van der Waals surface area contributed by atoms with Gasteiger partial charge in [0, 0.05) is 35.0 Å². The SMILES string of the molecule is N#Cc1cnc2c(cnn2-c2cc(Nc3cnn(CC(F)(F)F)c3)c(N=[N+]=[N-])cn2)c1. The van der Waals surface area contributed by atoms with Gasteiger partial charge in [-0.3, -0.25) is 4.68 Å². The second-order valence-corrected chi connectivity index (χ2v) is 6.22. The van der Waals surface area contributed by atoms with Gasteiger partial charge in [-0.1, -0.05) is 5.11 Å². The lowest BCUT2D eigenvalue weighted by Crippen LogP contribution is -2.17. The van der Waals surface area contributed by atoms with Gasteiger partial charge in [0.15, 0.2) is 11.5 Å². The molecule has 11 nitrogen and oxygen atoms in total. The largest absolute Gasteiger partial charge is 0.408 e. The third-order valence-corrected chi connectivity index (χ3v) is 4.03. The van der Waals surface area contributed by atoms with E-state index in [1.807, 2.05) is 6.07 Å². The Balaban J connectivity index is 1.71. The molecule has 0 aliphatic carbocycles. The van der Waals surface area contributed by atoms with Gasteiger partial charge in [-0.15, -0.1) is 0 Å². The Labute approximate surface area is 171 Å². The molecule has 4 rings (SSSR count). The van der Waals surface area contributed by atoms with Crippen molar-refractivity contribution >= 4 is 28.1 Å². The molecule has 0 fully saturated rings. The highest BCUT2D eigenvalue weighted by atomic mass is 19.4. The number of hydrogen-bond acceptors (Lipinski definition) is 7. The summed E-state index contributed by atoms with van der Waals surface area (Å²) in [5.41, 5.74) is 10.2. The molecule has 0 atom stereocenters. The molecule has 0 amide bonds. The Kier molecular flexibility index (Phi) is 4.86. The molecule has 0 aliphatic rings. The van der Waals surface area contributed by atoms with Gasteiger partial charge in [0.05, 0.1) is 35.0 Å². The van der Waals surface area contributed by atoms with Crippen molar-refractivity contribution in [1.82, 2.24) is 29.5 Å². The van der Waals surface area contributed by atoms with Crippen LogP contribution in [-0.4, -0.2) is 35.7 Å². The van der Waals surface area contributed by atoms with E-state index in [1.54, 1.807) is 6.07 Å². The van der Waals surface area contributed by atoms with Gasteiger partial charge in [-0.05, 0) is 11.6 Å². The zero-order valence-electron chi connectivity index (χ0n) is 15.4. The summed E-state index contributed by atoms with van der Waals surface area (Å²) in [4.78, 5) is 11.2. The van der Waals surface area contributed by atoms with Crippen molar-refractivity contribution in [2.45, 2.75) is 12.7 Å².